The van der Waals surface area contributed by atoms with Crippen molar-refractivity contribution in [3.63, 3.8) is 0 Å². The van der Waals surface area contributed by atoms with E-state index in [2.05, 4.69) is 0 Å². The van der Waals surface area contributed by atoms with E-state index in [1.54, 1.807) is 0 Å². The SMILES string of the molecule is O=C(O)C(=O)C1CC1. The Morgan fingerprint density at radius 2 is 1.88 bits per heavy atom. The first-order valence-corrected chi connectivity index (χ1v) is 2.49. The fourth-order valence-corrected chi connectivity index (χ4v) is 0.520. The lowest BCUT2D eigenvalue weighted by atomic mass is 10.3. The second kappa shape index (κ2) is 1.58. The topological polar surface area (TPSA) is 54.4 Å². The van der Waals surface area contributed by atoms with Crippen molar-refractivity contribution in [2.24, 2.45) is 5.92 Å². The van der Waals surface area contributed by atoms with Gasteiger partial charge in [0.15, 0.2) is 0 Å². The molecule has 1 aliphatic carbocycles. The summed E-state index contributed by atoms with van der Waals surface area (Å²) in [4.78, 5) is 20.1. The number of carbonyl (C=O) groups is 2. The minimum absolute atomic E-state index is 0.146. The second-order valence-corrected chi connectivity index (χ2v) is 1.94. The molecule has 1 rings (SSSR count). The van der Waals surface area contributed by atoms with Crippen molar-refractivity contribution in [1.82, 2.24) is 0 Å². The Balaban J connectivity index is 2.45. The molecule has 0 saturated heterocycles. The monoisotopic (exact) mass is 114 g/mol. The van der Waals surface area contributed by atoms with Crippen LogP contribution in [0.4, 0.5) is 0 Å². The molecule has 44 valence electrons. The predicted octanol–water partition coefficient (Wildman–Crippen LogP) is 0.0501. The second-order valence-electron chi connectivity index (χ2n) is 1.94. The van der Waals surface area contributed by atoms with E-state index in [0.29, 0.717) is 0 Å². The third-order valence-corrected chi connectivity index (χ3v) is 1.16. The maximum atomic E-state index is 10.3. The fourth-order valence-electron chi connectivity index (χ4n) is 0.520. The van der Waals surface area contributed by atoms with Crippen LogP contribution in [0.2, 0.25) is 0 Å². The van der Waals surface area contributed by atoms with Crippen LogP contribution in [0.15, 0.2) is 0 Å². The molecule has 0 aliphatic heterocycles. The van der Waals surface area contributed by atoms with Gasteiger partial charge in [-0.1, -0.05) is 0 Å². The predicted molar refractivity (Wildman–Crippen MR) is 25.4 cm³/mol. The highest BCUT2D eigenvalue weighted by molar-refractivity contribution is 6.34. The summed E-state index contributed by atoms with van der Waals surface area (Å²) in [7, 11) is 0. The molecule has 0 bridgehead atoms. The molecule has 1 aliphatic rings. The van der Waals surface area contributed by atoms with Crippen LogP contribution in [-0.2, 0) is 9.59 Å². The molecular formula is C5H6O3. The van der Waals surface area contributed by atoms with Gasteiger partial charge in [0.2, 0.25) is 5.78 Å². The Morgan fingerprint density at radius 1 is 1.38 bits per heavy atom. The Labute approximate surface area is 46.3 Å². The molecule has 0 atom stereocenters. The minimum Gasteiger partial charge on any atom is -0.475 e. The zero-order chi connectivity index (χ0) is 6.15. The van der Waals surface area contributed by atoms with E-state index < -0.39 is 11.8 Å². The van der Waals surface area contributed by atoms with Gasteiger partial charge in [0, 0.05) is 5.92 Å². The lowest BCUT2D eigenvalue weighted by Crippen LogP contribution is -2.13. The fraction of sp³-hybridized carbons (Fsp3) is 0.600. The highest BCUT2D eigenvalue weighted by Gasteiger charge is 2.33. The first-order valence-electron chi connectivity index (χ1n) is 2.49. The lowest BCUT2D eigenvalue weighted by Gasteiger charge is -1.83. The number of rotatable bonds is 2. The Kier molecular flexibility index (Phi) is 1.04. The van der Waals surface area contributed by atoms with Gasteiger partial charge in [-0.05, 0) is 12.8 Å². The summed E-state index contributed by atoms with van der Waals surface area (Å²) in [6.45, 7) is 0. The first kappa shape index (κ1) is 5.28. The average Bonchev–Trinajstić information content (AvgIpc) is 2.43. The normalized spacial score (nSPS) is 18.0. The van der Waals surface area contributed by atoms with Gasteiger partial charge in [0.05, 0.1) is 0 Å². The van der Waals surface area contributed by atoms with E-state index in [9.17, 15) is 9.59 Å². The van der Waals surface area contributed by atoms with Crippen LogP contribution in [0.1, 0.15) is 12.8 Å². The number of Topliss-reactive ketones (excluding diaryl/α,β-unsaturated/α-hetero) is 1. The maximum Gasteiger partial charge on any atom is 0.372 e. The van der Waals surface area contributed by atoms with E-state index in [4.69, 9.17) is 5.11 Å². The highest BCUT2D eigenvalue weighted by Crippen LogP contribution is 2.29. The van der Waals surface area contributed by atoms with Crippen molar-refractivity contribution < 1.29 is 14.7 Å². The van der Waals surface area contributed by atoms with Gasteiger partial charge in [-0.3, -0.25) is 4.79 Å². The van der Waals surface area contributed by atoms with Gasteiger partial charge < -0.3 is 5.11 Å². The van der Waals surface area contributed by atoms with Gasteiger partial charge in [0.25, 0.3) is 0 Å². The van der Waals surface area contributed by atoms with Crippen LogP contribution in [0.5, 0.6) is 0 Å². The summed E-state index contributed by atoms with van der Waals surface area (Å²) in [5.41, 5.74) is 0. The van der Waals surface area contributed by atoms with Crippen LogP contribution in [0.25, 0.3) is 0 Å². The molecular weight excluding hydrogens is 108 g/mol. The van der Waals surface area contributed by atoms with Gasteiger partial charge in [-0.15, -0.1) is 0 Å². The Bertz CT molecular complexity index is 135. The Hall–Kier alpha value is -0.860. The van der Waals surface area contributed by atoms with E-state index in [0.717, 1.165) is 12.8 Å². The van der Waals surface area contributed by atoms with Gasteiger partial charge >= 0.3 is 5.97 Å². The van der Waals surface area contributed by atoms with E-state index >= 15 is 0 Å². The number of ketones is 1. The number of carboxylic acids is 1. The van der Waals surface area contributed by atoms with Crippen LogP contribution in [0, 0.1) is 5.92 Å². The van der Waals surface area contributed by atoms with Crippen LogP contribution in [0.3, 0.4) is 0 Å². The Morgan fingerprint density at radius 3 is 2.00 bits per heavy atom. The van der Waals surface area contributed by atoms with E-state index in [1.807, 2.05) is 0 Å². The van der Waals surface area contributed by atoms with Gasteiger partial charge in [0.1, 0.15) is 0 Å². The number of carboxylic acid groups (broad SMARTS) is 1. The van der Waals surface area contributed by atoms with Crippen LogP contribution < -0.4 is 0 Å². The van der Waals surface area contributed by atoms with Crippen molar-refractivity contribution in [3.05, 3.63) is 0 Å². The highest BCUT2D eigenvalue weighted by atomic mass is 16.4. The molecule has 0 unspecified atom stereocenters. The first-order chi connectivity index (χ1) is 3.72. The molecule has 0 radical (unpaired) electrons. The summed E-state index contributed by atoms with van der Waals surface area (Å²) >= 11 is 0. The summed E-state index contributed by atoms with van der Waals surface area (Å²) in [5, 5.41) is 8.04. The molecule has 8 heavy (non-hydrogen) atoms. The summed E-state index contributed by atoms with van der Waals surface area (Å²) in [6, 6.07) is 0. The summed E-state index contributed by atoms with van der Waals surface area (Å²) < 4.78 is 0. The molecule has 3 nitrogen and oxygen atoms in total. The average molecular weight is 114 g/mol. The van der Waals surface area contributed by atoms with Gasteiger partial charge in [-0.2, -0.15) is 0 Å². The molecule has 0 aromatic carbocycles. The van der Waals surface area contributed by atoms with Crippen LogP contribution >= 0.6 is 0 Å². The smallest absolute Gasteiger partial charge is 0.372 e. The molecule has 0 amide bonds. The third-order valence-electron chi connectivity index (χ3n) is 1.16. The van der Waals surface area contributed by atoms with Crippen molar-refractivity contribution in [2.75, 3.05) is 0 Å². The quantitative estimate of drug-likeness (QED) is 0.516. The molecule has 1 saturated carbocycles. The molecule has 0 spiro atoms. The summed E-state index contributed by atoms with van der Waals surface area (Å²) in [6.07, 6.45) is 1.54. The van der Waals surface area contributed by atoms with Crippen molar-refractivity contribution in [3.8, 4) is 0 Å². The van der Waals surface area contributed by atoms with E-state index in [-0.39, 0.29) is 5.92 Å². The molecule has 0 heterocycles. The largest absolute Gasteiger partial charge is 0.475 e. The van der Waals surface area contributed by atoms with Crippen molar-refractivity contribution >= 4 is 11.8 Å². The number of hydrogen-bond donors (Lipinski definition) is 1. The minimum atomic E-state index is -1.28. The number of aliphatic carboxylic acids is 1. The summed E-state index contributed by atoms with van der Waals surface area (Å²) in [5.74, 6) is -2.05. The van der Waals surface area contributed by atoms with Crippen molar-refractivity contribution in [2.45, 2.75) is 12.8 Å². The van der Waals surface area contributed by atoms with Crippen LogP contribution in [-0.4, -0.2) is 16.9 Å². The standard InChI is InChI=1S/C5H6O3/c6-4(5(7)8)3-1-2-3/h3H,1-2H2,(H,7,8). The molecule has 1 N–H and O–H groups in total. The molecule has 1 fully saturated rings. The molecule has 3 heteroatoms. The number of hydrogen-bond acceptors (Lipinski definition) is 2. The zero-order valence-electron chi connectivity index (χ0n) is 4.26. The third kappa shape index (κ3) is 0.857. The molecule has 0 aromatic rings. The van der Waals surface area contributed by atoms with Gasteiger partial charge in [-0.25, -0.2) is 4.79 Å². The van der Waals surface area contributed by atoms with E-state index in [1.165, 1.54) is 0 Å². The zero-order valence-corrected chi connectivity index (χ0v) is 4.26. The maximum absolute atomic E-state index is 10.3. The number of carbonyl (C=O) groups excluding carboxylic acids is 1. The van der Waals surface area contributed by atoms with Crippen molar-refractivity contribution in [1.29, 1.82) is 0 Å². The molecule has 0 aromatic heterocycles. The lowest BCUT2D eigenvalue weighted by molar-refractivity contribution is -0.149.